The molecule has 2 aromatic carbocycles. The highest BCUT2D eigenvalue weighted by Crippen LogP contribution is 2.51. The van der Waals surface area contributed by atoms with Crippen molar-refractivity contribution in [3.8, 4) is 0 Å². The molecule has 3 aliphatic rings. The maximum atomic E-state index is 14.2. The van der Waals surface area contributed by atoms with Gasteiger partial charge in [0, 0.05) is 23.9 Å². The van der Waals surface area contributed by atoms with Gasteiger partial charge < -0.3 is 15.3 Å². The number of hydrogen-bond acceptors (Lipinski definition) is 4. The number of halogens is 6. The molecule has 2 aromatic rings. The molecule has 1 aliphatic heterocycles. The Hall–Kier alpha value is -2.00. The van der Waals surface area contributed by atoms with Gasteiger partial charge in [0.2, 0.25) is 5.91 Å². The Morgan fingerprint density at radius 3 is 2.20 bits per heavy atom. The van der Waals surface area contributed by atoms with Crippen LogP contribution >= 0.6 is 34.8 Å². The Morgan fingerprint density at radius 1 is 1.06 bits per heavy atom. The minimum atomic E-state index is -4.82. The molecule has 2 N–H and O–H groups in total. The number of alkyl halides is 3. The van der Waals surface area contributed by atoms with Crippen molar-refractivity contribution in [2.45, 2.75) is 55.5 Å². The number of carbonyl (C=O) groups excluding carboxylic acids is 1. The summed E-state index contributed by atoms with van der Waals surface area (Å²) in [4.78, 5) is 17.2. The molecule has 1 unspecified atom stereocenters. The van der Waals surface area contributed by atoms with E-state index < -0.39 is 23.8 Å². The third-order valence-electron chi connectivity index (χ3n) is 6.85. The van der Waals surface area contributed by atoms with E-state index in [0.717, 1.165) is 25.0 Å². The molecule has 11 heteroatoms. The van der Waals surface area contributed by atoms with E-state index in [1.54, 1.807) is 24.3 Å². The molecule has 1 heterocycles. The first-order valence-corrected chi connectivity index (χ1v) is 12.2. The van der Waals surface area contributed by atoms with E-state index in [1.165, 1.54) is 0 Å². The van der Waals surface area contributed by atoms with Crippen LogP contribution in [0.25, 0.3) is 0 Å². The van der Waals surface area contributed by atoms with Crippen LogP contribution in [0.2, 0.25) is 15.1 Å². The molecule has 2 fully saturated rings. The summed E-state index contributed by atoms with van der Waals surface area (Å²) in [6.45, 7) is 0. The van der Waals surface area contributed by atoms with Crippen LogP contribution in [0.1, 0.15) is 48.8 Å². The van der Waals surface area contributed by atoms with Crippen molar-refractivity contribution in [3.63, 3.8) is 0 Å². The number of rotatable bonds is 5. The van der Waals surface area contributed by atoms with Crippen molar-refractivity contribution < 1.29 is 27.9 Å². The zero-order chi connectivity index (χ0) is 25.2. The van der Waals surface area contributed by atoms with Crippen molar-refractivity contribution in [2.24, 2.45) is 11.1 Å². The third kappa shape index (κ3) is 4.39. The minimum absolute atomic E-state index is 0.0443. The summed E-state index contributed by atoms with van der Waals surface area (Å²) >= 11 is 17.9. The summed E-state index contributed by atoms with van der Waals surface area (Å²) in [7, 11) is 0. The first-order valence-electron chi connectivity index (χ1n) is 11.0. The highest BCUT2D eigenvalue weighted by atomic mass is 35.5. The van der Waals surface area contributed by atoms with Crippen LogP contribution in [0.4, 0.5) is 13.2 Å². The molecule has 0 bridgehead atoms. The fraction of sp³-hybridized carbons (Fsp3) is 0.417. The Bertz CT molecular complexity index is 1190. The zero-order valence-corrected chi connectivity index (χ0v) is 20.4. The van der Waals surface area contributed by atoms with E-state index in [-0.39, 0.29) is 44.2 Å². The van der Waals surface area contributed by atoms with E-state index in [9.17, 15) is 23.1 Å². The predicted molar refractivity (Wildman–Crippen MR) is 126 cm³/mol. The SMILES string of the molecule is O=C(NC1CC1)C1CC(O)(c2ccc(C3=NOC(c4cc(Cl)c(Cl)c(Cl)c4)(C(F)(F)F)C3)cc2)C1. The normalized spacial score (nSPS) is 28.2. The number of amides is 1. The van der Waals surface area contributed by atoms with Crippen LogP contribution in [-0.4, -0.2) is 28.9 Å². The summed E-state index contributed by atoms with van der Waals surface area (Å²) < 4.78 is 42.7. The molecule has 0 aromatic heterocycles. The Morgan fingerprint density at radius 2 is 1.66 bits per heavy atom. The lowest BCUT2D eigenvalue weighted by Crippen LogP contribution is -2.48. The van der Waals surface area contributed by atoms with Gasteiger partial charge >= 0.3 is 6.18 Å². The minimum Gasteiger partial charge on any atom is -0.385 e. The molecule has 1 amide bonds. The fourth-order valence-electron chi connectivity index (χ4n) is 4.54. The Balaban J connectivity index is 1.33. The van der Waals surface area contributed by atoms with Crippen molar-refractivity contribution in [2.75, 3.05) is 0 Å². The summed E-state index contributed by atoms with van der Waals surface area (Å²) in [6, 6.07) is 8.85. The summed E-state index contributed by atoms with van der Waals surface area (Å²) in [5.41, 5.74) is -3.14. The van der Waals surface area contributed by atoms with Gasteiger partial charge in [0.25, 0.3) is 5.60 Å². The van der Waals surface area contributed by atoms with Crippen LogP contribution in [0.5, 0.6) is 0 Å². The fourth-order valence-corrected chi connectivity index (χ4v) is 5.14. The molecule has 1 atom stereocenters. The maximum Gasteiger partial charge on any atom is 0.435 e. The second-order valence-corrected chi connectivity index (χ2v) is 10.6. The number of oxime groups is 1. The topological polar surface area (TPSA) is 70.9 Å². The van der Waals surface area contributed by atoms with Crippen molar-refractivity contribution in [1.82, 2.24) is 5.32 Å². The largest absolute Gasteiger partial charge is 0.435 e. The zero-order valence-electron chi connectivity index (χ0n) is 18.1. The molecule has 2 aliphatic carbocycles. The number of aliphatic hydroxyl groups is 1. The molecular weight excluding hydrogens is 528 g/mol. The summed E-state index contributed by atoms with van der Waals surface area (Å²) in [5, 5.41) is 17.3. The molecule has 0 saturated heterocycles. The van der Waals surface area contributed by atoms with E-state index in [0.29, 0.717) is 24.0 Å². The van der Waals surface area contributed by atoms with Crippen LogP contribution in [-0.2, 0) is 20.8 Å². The van der Waals surface area contributed by atoms with Gasteiger partial charge in [-0.15, -0.1) is 0 Å². The first-order chi connectivity index (χ1) is 16.4. The number of carbonyl (C=O) groups is 1. The van der Waals surface area contributed by atoms with Gasteiger partial charge in [0.15, 0.2) is 0 Å². The van der Waals surface area contributed by atoms with Gasteiger partial charge in [-0.2, -0.15) is 13.2 Å². The lowest BCUT2D eigenvalue weighted by Gasteiger charge is -2.43. The summed E-state index contributed by atoms with van der Waals surface area (Å²) in [5.74, 6) is -0.296. The first kappa shape index (κ1) is 24.7. The maximum absolute atomic E-state index is 14.2. The lowest BCUT2D eigenvalue weighted by atomic mass is 9.67. The van der Waals surface area contributed by atoms with Crippen molar-refractivity contribution >= 4 is 46.4 Å². The average Bonchev–Trinajstić information content (AvgIpc) is 3.47. The smallest absolute Gasteiger partial charge is 0.385 e. The molecule has 35 heavy (non-hydrogen) atoms. The number of hydrogen-bond donors (Lipinski definition) is 2. The van der Waals surface area contributed by atoms with Gasteiger partial charge in [-0.25, -0.2) is 0 Å². The van der Waals surface area contributed by atoms with Crippen LogP contribution in [0.15, 0.2) is 41.6 Å². The van der Waals surface area contributed by atoms with Gasteiger partial charge in [0.05, 0.1) is 26.4 Å². The molecule has 186 valence electrons. The van der Waals surface area contributed by atoms with Crippen molar-refractivity contribution in [1.29, 1.82) is 0 Å². The van der Waals surface area contributed by atoms with Crippen LogP contribution < -0.4 is 5.32 Å². The molecule has 5 nitrogen and oxygen atoms in total. The second kappa shape index (κ2) is 8.54. The standard InChI is InChI=1S/C24H20Cl3F3N2O3/c25-17-7-15(8-18(26)20(17)27)23(24(28,29)30)11-19(32-35-23)12-1-3-14(4-2-12)22(34)9-13(10-22)21(33)31-16-5-6-16/h1-4,7-8,13,16,34H,5-6,9-11H2,(H,31,33). The van der Waals surface area contributed by atoms with Crippen LogP contribution in [0.3, 0.4) is 0 Å². The van der Waals surface area contributed by atoms with E-state index in [4.69, 9.17) is 39.6 Å². The van der Waals surface area contributed by atoms with Gasteiger partial charge in [-0.1, -0.05) is 64.2 Å². The second-order valence-electron chi connectivity index (χ2n) is 9.38. The summed E-state index contributed by atoms with van der Waals surface area (Å²) in [6.07, 6.45) is -2.85. The molecule has 2 saturated carbocycles. The molecule has 0 spiro atoms. The van der Waals surface area contributed by atoms with Gasteiger partial charge in [-0.3, -0.25) is 4.79 Å². The van der Waals surface area contributed by atoms with E-state index in [1.807, 2.05) is 0 Å². The lowest BCUT2D eigenvalue weighted by molar-refractivity contribution is -0.275. The Kier molecular flexibility index (Phi) is 6.02. The van der Waals surface area contributed by atoms with Crippen molar-refractivity contribution in [3.05, 3.63) is 68.2 Å². The average molecular weight is 548 g/mol. The number of nitrogens with one attached hydrogen (secondary N) is 1. The Labute approximate surface area is 214 Å². The number of benzene rings is 2. The highest BCUT2D eigenvalue weighted by Gasteiger charge is 2.62. The quantitative estimate of drug-likeness (QED) is 0.444. The molecule has 5 rings (SSSR count). The monoisotopic (exact) mass is 546 g/mol. The number of nitrogens with zero attached hydrogens (tertiary/aromatic N) is 1. The molecule has 0 radical (unpaired) electrons. The molecular formula is C24H20Cl3F3N2O3. The highest BCUT2D eigenvalue weighted by molar-refractivity contribution is 6.48. The van der Waals surface area contributed by atoms with Gasteiger partial charge in [-0.05, 0) is 48.9 Å². The third-order valence-corrected chi connectivity index (χ3v) is 8.05. The van der Waals surface area contributed by atoms with Crippen LogP contribution in [0, 0.1) is 5.92 Å². The predicted octanol–water partition coefficient (Wildman–Crippen LogP) is 6.11. The van der Waals surface area contributed by atoms with Gasteiger partial charge in [0.1, 0.15) is 0 Å². The van der Waals surface area contributed by atoms with E-state index >= 15 is 0 Å². The van der Waals surface area contributed by atoms with E-state index in [2.05, 4.69) is 10.5 Å².